The minimum absolute atomic E-state index is 0.723. The molecular formula is C13H21BrClNS. The molecule has 0 aromatic carbocycles. The zero-order valence-electron chi connectivity index (χ0n) is 10.9. The summed E-state index contributed by atoms with van der Waals surface area (Å²) in [5, 5.41) is 3.54. The van der Waals surface area contributed by atoms with Crippen LogP contribution < -0.4 is 5.32 Å². The first-order chi connectivity index (χ1) is 7.91. The van der Waals surface area contributed by atoms with Crippen molar-refractivity contribution in [2.24, 2.45) is 17.8 Å². The van der Waals surface area contributed by atoms with Crippen LogP contribution in [-0.2, 0) is 6.54 Å². The van der Waals surface area contributed by atoms with Crippen LogP contribution in [0.5, 0.6) is 0 Å². The van der Waals surface area contributed by atoms with Gasteiger partial charge in [0.05, 0.1) is 0 Å². The van der Waals surface area contributed by atoms with Crippen LogP contribution in [0.15, 0.2) is 10.5 Å². The van der Waals surface area contributed by atoms with Crippen molar-refractivity contribution in [2.75, 3.05) is 6.54 Å². The fourth-order valence-electron chi connectivity index (χ4n) is 2.08. The van der Waals surface area contributed by atoms with Crippen LogP contribution in [0.4, 0.5) is 0 Å². The van der Waals surface area contributed by atoms with E-state index in [4.69, 9.17) is 11.6 Å². The van der Waals surface area contributed by atoms with E-state index in [2.05, 4.69) is 55.0 Å². The SMILES string of the molecule is CC(C)C(CNCc1cc(Br)c(Cl)s1)C(C)C. The molecule has 0 spiro atoms. The molecule has 0 saturated heterocycles. The lowest BCUT2D eigenvalue weighted by molar-refractivity contribution is 0.276. The molecule has 0 amide bonds. The van der Waals surface area contributed by atoms with Crippen LogP contribution in [-0.4, -0.2) is 6.54 Å². The maximum atomic E-state index is 6.02. The molecule has 17 heavy (non-hydrogen) atoms. The van der Waals surface area contributed by atoms with E-state index in [1.807, 2.05) is 0 Å². The Bertz CT molecular complexity index is 322. The number of thiophene rings is 1. The zero-order chi connectivity index (χ0) is 13.0. The standard InChI is InChI=1S/C13H21BrClNS/c1-8(2)11(9(3)4)7-16-6-10-5-12(14)13(15)17-10/h5,8-9,11,16H,6-7H2,1-4H3. The second-order valence-electron chi connectivity index (χ2n) is 5.12. The summed E-state index contributed by atoms with van der Waals surface area (Å²) >= 11 is 11.1. The van der Waals surface area contributed by atoms with Crippen LogP contribution in [0.1, 0.15) is 32.6 Å². The highest BCUT2D eigenvalue weighted by Gasteiger charge is 2.16. The summed E-state index contributed by atoms with van der Waals surface area (Å²) in [7, 11) is 0. The van der Waals surface area contributed by atoms with Gasteiger partial charge < -0.3 is 5.32 Å². The van der Waals surface area contributed by atoms with Crippen molar-refractivity contribution in [2.45, 2.75) is 34.2 Å². The van der Waals surface area contributed by atoms with Crippen LogP contribution in [0.2, 0.25) is 4.34 Å². The maximum Gasteiger partial charge on any atom is 0.107 e. The molecule has 0 bridgehead atoms. The molecule has 0 fully saturated rings. The van der Waals surface area contributed by atoms with Gasteiger partial charge in [0.1, 0.15) is 4.34 Å². The average Bonchev–Trinajstić information content (AvgIpc) is 2.52. The van der Waals surface area contributed by atoms with Gasteiger partial charge in [-0.1, -0.05) is 39.3 Å². The van der Waals surface area contributed by atoms with Gasteiger partial charge in [-0.2, -0.15) is 0 Å². The Kier molecular flexibility index (Phi) is 6.49. The predicted octanol–water partition coefficient (Wildman–Crippen LogP) is 5.18. The van der Waals surface area contributed by atoms with Crippen molar-refractivity contribution >= 4 is 38.9 Å². The highest BCUT2D eigenvalue weighted by atomic mass is 79.9. The Morgan fingerprint density at radius 3 is 2.29 bits per heavy atom. The molecular weight excluding hydrogens is 318 g/mol. The Labute approximate surface area is 122 Å². The van der Waals surface area contributed by atoms with Gasteiger partial charge in [-0.05, 0) is 46.3 Å². The van der Waals surface area contributed by atoms with E-state index in [0.717, 1.165) is 39.7 Å². The molecule has 0 atom stereocenters. The lowest BCUT2D eigenvalue weighted by Gasteiger charge is -2.25. The Morgan fingerprint density at radius 2 is 1.88 bits per heavy atom. The third-order valence-corrected chi connectivity index (χ3v) is 5.56. The lowest BCUT2D eigenvalue weighted by atomic mass is 9.85. The van der Waals surface area contributed by atoms with Gasteiger partial charge in [0.2, 0.25) is 0 Å². The maximum absolute atomic E-state index is 6.02. The first-order valence-electron chi connectivity index (χ1n) is 6.06. The first-order valence-corrected chi connectivity index (χ1v) is 8.05. The lowest BCUT2D eigenvalue weighted by Crippen LogP contribution is -2.29. The number of hydrogen-bond acceptors (Lipinski definition) is 2. The fourth-order valence-corrected chi connectivity index (χ4v) is 3.84. The van der Waals surface area contributed by atoms with E-state index in [1.165, 1.54) is 4.88 Å². The summed E-state index contributed by atoms with van der Waals surface area (Å²) in [4.78, 5) is 1.29. The van der Waals surface area contributed by atoms with Gasteiger partial charge in [-0.3, -0.25) is 0 Å². The van der Waals surface area contributed by atoms with Crippen LogP contribution in [0.25, 0.3) is 0 Å². The highest BCUT2D eigenvalue weighted by Crippen LogP contribution is 2.31. The predicted molar refractivity (Wildman–Crippen MR) is 81.9 cm³/mol. The smallest absolute Gasteiger partial charge is 0.107 e. The quantitative estimate of drug-likeness (QED) is 0.753. The van der Waals surface area contributed by atoms with E-state index in [9.17, 15) is 0 Å². The van der Waals surface area contributed by atoms with Gasteiger partial charge in [-0.25, -0.2) is 0 Å². The average molecular weight is 339 g/mol. The van der Waals surface area contributed by atoms with E-state index >= 15 is 0 Å². The second kappa shape index (κ2) is 7.13. The molecule has 4 heteroatoms. The molecule has 1 nitrogen and oxygen atoms in total. The van der Waals surface area contributed by atoms with E-state index < -0.39 is 0 Å². The molecule has 1 aromatic rings. The molecule has 1 heterocycles. The normalized spacial score (nSPS) is 12.1. The van der Waals surface area contributed by atoms with Crippen LogP contribution >= 0.6 is 38.9 Å². The van der Waals surface area contributed by atoms with Crippen molar-refractivity contribution in [3.05, 3.63) is 19.8 Å². The first kappa shape index (κ1) is 15.5. The number of rotatable bonds is 6. The Balaban J connectivity index is 2.41. The van der Waals surface area contributed by atoms with E-state index in [-0.39, 0.29) is 0 Å². The third kappa shape index (κ3) is 4.90. The monoisotopic (exact) mass is 337 g/mol. The summed E-state index contributed by atoms with van der Waals surface area (Å²) in [6, 6.07) is 2.10. The Morgan fingerprint density at radius 1 is 1.29 bits per heavy atom. The Hall–Kier alpha value is 0.430. The van der Waals surface area contributed by atoms with Gasteiger partial charge in [-0.15, -0.1) is 11.3 Å². The number of hydrogen-bond donors (Lipinski definition) is 1. The minimum atomic E-state index is 0.723. The summed E-state index contributed by atoms with van der Waals surface area (Å²) in [6.07, 6.45) is 0. The molecule has 1 aromatic heterocycles. The molecule has 1 N–H and O–H groups in total. The topological polar surface area (TPSA) is 12.0 Å². The minimum Gasteiger partial charge on any atom is -0.312 e. The van der Waals surface area contributed by atoms with Gasteiger partial charge in [0.15, 0.2) is 0 Å². The van der Waals surface area contributed by atoms with Crippen molar-refractivity contribution in [1.29, 1.82) is 0 Å². The third-order valence-electron chi connectivity index (χ3n) is 3.09. The van der Waals surface area contributed by atoms with Gasteiger partial charge in [0.25, 0.3) is 0 Å². The largest absolute Gasteiger partial charge is 0.312 e. The zero-order valence-corrected chi connectivity index (χ0v) is 14.0. The number of nitrogens with one attached hydrogen (secondary N) is 1. The van der Waals surface area contributed by atoms with Crippen molar-refractivity contribution in [3.63, 3.8) is 0 Å². The van der Waals surface area contributed by atoms with Gasteiger partial charge >= 0.3 is 0 Å². The summed E-state index contributed by atoms with van der Waals surface area (Å²) in [6.45, 7) is 11.2. The van der Waals surface area contributed by atoms with Crippen molar-refractivity contribution in [3.8, 4) is 0 Å². The summed E-state index contributed by atoms with van der Waals surface area (Å²) in [5.74, 6) is 2.18. The molecule has 98 valence electrons. The molecule has 0 unspecified atom stereocenters. The molecule has 0 aliphatic heterocycles. The molecule has 0 radical (unpaired) electrons. The summed E-state index contributed by atoms with van der Waals surface area (Å²) in [5.41, 5.74) is 0. The molecule has 0 saturated carbocycles. The fraction of sp³-hybridized carbons (Fsp3) is 0.692. The second-order valence-corrected chi connectivity index (χ2v) is 7.71. The van der Waals surface area contributed by atoms with Crippen LogP contribution in [0, 0.1) is 17.8 Å². The molecule has 0 aliphatic rings. The number of halogens is 2. The van der Waals surface area contributed by atoms with Crippen molar-refractivity contribution < 1.29 is 0 Å². The van der Waals surface area contributed by atoms with E-state index in [1.54, 1.807) is 11.3 Å². The summed E-state index contributed by atoms with van der Waals surface area (Å²) < 4.78 is 1.84. The van der Waals surface area contributed by atoms with E-state index in [0.29, 0.717) is 0 Å². The van der Waals surface area contributed by atoms with Crippen LogP contribution in [0.3, 0.4) is 0 Å². The van der Waals surface area contributed by atoms with Crippen molar-refractivity contribution in [1.82, 2.24) is 5.32 Å². The highest BCUT2D eigenvalue weighted by molar-refractivity contribution is 9.10. The molecule has 1 rings (SSSR count). The van der Waals surface area contributed by atoms with Gasteiger partial charge in [0, 0.05) is 15.9 Å². The molecule has 0 aliphatic carbocycles.